The van der Waals surface area contributed by atoms with Crippen LogP contribution in [-0.2, 0) is 17.7 Å². The molecular weight excluding hydrogens is 286 g/mol. The number of hydrogen-bond acceptors (Lipinski definition) is 4. The molecular formula is C15H21N3O2S. The molecule has 2 heterocycles. The number of alkyl carbamates (subject to hydrolysis) is 1. The molecule has 114 valence electrons. The van der Waals surface area contributed by atoms with Gasteiger partial charge >= 0.3 is 6.09 Å². The molecule has 0 radical (unpaired) electrons. The van der Waals surface area contributed by atoms with Crippen LogP contribution in [0, 0.1) is 0 Å². The molecule has 2 aromatic heterocycles. The Morgan fingerprint density at radius 3 is 2.95 bits per heavy atom. The number of amides is 1. The number of carbonyl (C=O) groups is 1. The average molecular weight is 307 g/mol. The predicted octanol–water partition coefficient (Wildman–Crippen LogP) is 3.06. The zero-order valence-corrected chi connectivity index (χ0v) is 13.4. The molecule has 1 N–H and O–H groups in total. The molecule has 0 saturated heterocycles. The minimum atomic E-state index is -0.467. The van der Waals surface area contributed by atoms with Crippen LogP contribution in [0.2, 0.25) is 0 Å². The highest BCUT2D eigenvalue weighted by molar-refractivity contribution is 7.09. The second kappa shape index (κ2) is 6.76. The van der Waals surface area contributed by atoms with E-state index in [1.54, 1.807) is 11.3 Å². The SMILES string of the molecule is CC(C)(C)OC(=O)NCCc1cncn1Cc1cccs1. The topological polar surface area (TPSA) is 56.1 Å². The van der Waals surface area contributed by atoms with Crippen LogP contribution in [0.15, 0.2) is 30.0 Å². The van der Waals surface area contributed by atoms with Crippen molar-refractivity contribution < 1.29 is 9.53 Å². The first-order chi connectivity index (χ1) is 9.94. The summed E-state index contributed by atoms with van der Waals surface area (Å²) in [4.78, 5) is 17.0. The van der Waals surface area contributed by atoms with E-state index < -0.39 is 5.60 Å². The molecule has 6 heteroatoms. The van der Waals surface area contributed by atoms with Crippen LogP contribution in [0.4, 0.5) is 4.79 Å². The molecule has 0 fully saturated rings. The number of thiophene rings is 1. The van der Waals surface area contributed by atoms with Gasteiger partial charge in [0.1, 0.15) is 5.60 Å². The van der Waals surface area contributed by atoms with Crippen LogP contribution < -0.4 is 5.32 Å². The number of nitrogens with one attached hydrogen (secondary N) is 1. The molecule has 0 atom stereocenters. The van der Waals surface area contributed by atoms with Gasteiger partial charge in [-0.2, -0.15) is 0 Å². The Morgan fingerprint density at radius 2 is 2.29 bits per heavy atom. The minimum absolute atomic E-state index is 0.383. The molecule has 0 spiro atoms. The van der Waals surface area contributed by atoms with Gasteiger partial charge in [0.25, 0.3) is 0 Å². The van der Waals surface area contributed by atoms with Gasteiger partial charge in [0.05, 0.1) is 12.9 Å². The molecule has 0 aliphatic rings. The highest BCUT2D eigenvalue weighted by atomic mass is 32.1. The Balaban J connectivity index is 1.81. The van der Waals surface area contributed by atoms with Crippen molar-refractivity contribution in [2.24, 2.45) is 0 Å². The summed E-state index contributed by atoms with van der Waals surface area (Å²) in [6.07, 6.45) is 4.00. The van der Waals surface area contributed by atoms with Gasteiger partial charge in [-0.3, -0.25) is 0 Å². The van der Waals surface area contributed by atoms with E-state index in [1.165, 1.54) is 4.88 Å². The normalized spacial score (nSPS) is 11.4. The maximum Gasteiger partial charge on any atom is 0.407 e. The van der Waals surface area contributed by atoms with Crippen molar-refractivity contribution in [3.05, 3.63) is 40.6 Å². The smallest absolute Gasteiger partial charge is 0.407 e. The minimum Gasteiger partial charge on any atom is -0.444 e. The Kier molecular flexibility index (Phi) is 5.01. The maximum atomic E-state index is 11.6. The van der Waals surface area contributed by atoms with E-state index >= 15 is 0 Å². The summed E-state index contributed by atoms with van der Waals surface area (Å²) in [7, 11) is 0. The van der Waals surface area contributed by atoms with E-state index in [9.17, 15) is 4.79 Å². The molecule has 21 heavy (non-hydrogen) atoms. The lowest BCUT2D eigenvalue weighted by molar-refractivity contribution is 0.0528. The van der Waals surface area contributed by atoms with Crippen molar-refractivity contribution in [1.82, 2.24) is 14.9 Å². The van der Waals surface area contributed by atoms with Gasteiger partial charge in [-0.1, -0.05) is 6.07 Å². The van der Waals surface area contributed by atoms with Crippen LogP contribution >= 0.6 is 11.3 Å². The molecule has 0 saturated carbocycles. The summed E-state index contributed by atoms with van der Waals surface area (Å²) >= 11 is 1.73. The highest BCUT2D eigenvalue weighted by Crippen LogP contribution is 2.12. The summed E-state index contributed by atoms with van der Waals surface area (Å²) in [5.41, 5.74) is 0.629. The highest BCUT2D eigenvalue weighted by Gasteiger charge is 2.15. The van der Waals surface area contributed by atoms with Gasteiger partial charge in [-0.05, 0) is 32.2 Å². The first-order valence-electron chi connectivity index (χ1n) is 6.92. The van der Waals surface area contributed by atoms with E-state index in [4.69, 9.17) is 4.74 Å². The third-order valence-electron chi connectivity index (χ3n) is 2.75. The van der Waals surface area contributed by atoms with E-state index in [-0.39, 0.29) is 6.09 Å². The van der Waals surface area contributed by atoms with Crippen molar-refractivity contribution in [3.8, 4) is 0 Å². The van der Waals surface area contributed by atoms with Crippen molar-refractivity contribution in [1.29, 1.82) is 0 Å². The standard InChI is InChI=1S/C15H21N3O2S/c1-15(2,3)20-14(19)17-7-6-12-9-16-11-18(12)10-13-5-4-8-21-13/h4-5,8-9,11H,6-7,10H2,1-3H3,(H,17,19). The van der Waals surface area contributed by atoms with Crippen LogP contribution in [0.25, 0.3) is 0 Å². The molecule has 0 unspecified atom stereocenters. The molecule has 5 nitrogen and oxygen atoms in total. The van der Waals surface area contributed by atoms with E-state index in [0.717, 1.165) is 18.7 Å². The lowest BCUT2D eigenvalue weighted by Gasteiger charge is -2.19. The number of rotatable bonds is 5. The number of carbonyl (C=O) groups excluding carboxylic acids is 1. The molecule has 0 aromatic carbocycles. The van der Waals surface area contributed by atoms with Crippen molar-refractivity contribution >= 4 is 17.4 Å². The quantitative estimate of drug-likeness (QED) is 0.923. The Labute approximate surface area is 129 Å². The van der Waals surface area contributed by atoms with Gasteiger partial charge in [0.2, 0.25) is 0 Å². The third-order valence-corrected chi connectivity index (χ3v) is 3.62. The van der Waals surface area contributed by atoms with Crippen molar-refractivity contribution in [3.63, 3.8) is 0 Å². The molecule has 0 bridgehead atoms. The number of aromatic nitrogens is 2. The van der Waals surface area contributed by atoms with Crippen LogP contribution in [-0.4, -0.2) is 27.8 Å². The summed E-state index contributed by atoms with van der Waals surface area (Å²) in [6, 6.07) is 4.15. The third kappa shape index (κ3) is 5.23. The first-order valence-corrected chi connectivity index (χ1v) is 7.80. The Hall–Kier alpha value is -1.82. The first kappa shape index (κ1) is 15.6. The summed E-state index contributed by atoms with van der Waals surface area (Å²) in [5.74, 6) is 0. The maximum absolute atomic E-state index is 11.6. The molecule has 2 rings (SSSR count). The fourth-order valence-corrected chi connectivity index (χ4v) is 2.58. The second-order valence-electron chi connectivity index (χ2n) is 5.77. The van der Waals surface area contributed by atoms with E-state index in [2.05, 4.69) is 26.3 Å². The molecule has 0 aliphatic heterocycles. The monoisotopic (exact) mass is 307 g/mol. The Morgan fingerprint density at radius 1 is 1.48 bits per heavy atom. The summed E-state index contributed by atoms with van der Waals surface area (Å²) in [6.45, 7) is 6.90. The Bertz CT molecular complexity index is 570. The van der Waals surface area contributed by atoms with Gasteiger partial charge in [0.15, 0.2) is 0 Å². The zero-order chi connectivity index (χ0) is 15.3. The van der Waals surface area contributed by atoms with Gasteiger partial charge < -0.3 is 14.6 Å². The van der Waals surface area contributed by atoms with Gasteiger partial charge in [-0.15, -0.1) is 11.3 Å². The summed E-state index contributed by atoms with van der Waals surface area (Å²) in [5, 5.41) is 4.83. The van der Waals surface area contributed by atoms with E-state index in [1.807, 2.05) is 39.4 Å². The van der Waals surface area contributed by atoms with Crippen LogP contribution in [0.1, 0.15) is 31.3 Å². The average Bonchev–Trinajstić information content (AvgIpc) is 3.00. The van der Waals surface area contributed by atoms with Gasteiger partial charge in [-0.25, -0.2) is 9.78 Å². The second-order valence-corrected chi connectivity index (χ2v) is 6.80. The fraction of sp³-hybridized carbons (Fsp3) is 0.467. The van der Waals surface area contributed by atoms with Crippen LogP contribution in [0.5, 0.6) is 0 Å². The molecule has 0 aliphatic carbocycles. The molecule has 1 amide bonds. The zero-order valence-electron chi connectivity index (χ0n) is 12.6. The fourth-order valence-electron chi connectivity index (χ4n) is 1.88. The lowest BCUT2D eigenvalue weighted by atomic mass is 10.2. The van der Waals surface area contributed by atoms with Crippen molar-refractivity contribution in [2.75, 3.05) is 6.54 Å². The van der Waals surface area contributed by atoms with Gasteiger partial charge in [0, 0.05) is 29.7 Å². The summed E-state index contributed by atoms with van der Waals surface area (Å²) < 4.78 is 7.30. The van der Waals surface area contributed by atoms with Crippen molar-refractivity contribution in [2.45, 2.75) is 39.3 Å². The number of ether oxygens (including phenoxy) is 1. The van der Waals surface area contributed by atoms with Crippen LogP contribution in [0.3, 0.4) is 0 Å². The number of hydrogen-bond donors (Lipinski definition) is 1. The number of imidazole rings is 1. The largest absolute Gasteiger partial charge is 0.444 e. The van der Waals surface area contributed by atoms with E-state index in [0.29, 0.717) is 6.54 Å². The molecule has 2 aromatic rings. The predicted molar refractivity (Wildman–Crippen MR) is 83.6 cm³/mol. The number of nitrogens with zero attached hydrogens (tertiary/aromatic N) is 2. The lowest BCUT2D eigenvalue weighted by Crippen LogP contribution is -2.33.